The van der Waals surface area contributed by atoms with Gasteiger partial charge in [0.15, 0.2) is 0 Å². The molecule has 1 aliphatic carbocycles. The molecular formula is C13H17F3N2O. The Morgan fingerprint density at radius 1 is 1.32 bits per heavy atom. The zero-order valence-corrected chi connectivity index (χ0v) is 10.8. The molecule has 0 atom stereocenters. The van der Waals surface area contributed by atoms with E-state index >= 15 is 0 Å². The molecule has 0 aromatic carbocycles. The van der Waals surface area contributed by atoms with Crippen LogP contribution in [0.2, 0.25) is 0 Å². The monoisotopic (exact) mass is 274 g/mol. The van der Waals surface area contributed by atoms with Crippen molar-refractivity contribution in [1.29, 1.82) is 5.26 Å². The number of hydrogen-bond donors (Lipinski definition) is 0. The molecule has 6 heteroatoms. The van der Waals surface area contributed by atoms with Crippen molar-refractivity contribution in [3.05, 3.63) is 0 Å². The highest BCUT2D eigenvalue weighted by Gasteiger charge is 2.52. The molecule has 1 saturated heterocycles. The van der Waals surface area contributed by atoms with Crippen LogP contribution in [0.25, 0.3) is 0 Å². The third kappa shape index (κ3) is 2.56. The highest BCUT2D eigenvalue weighted by atomic mass is 19.4. The van der Waals surface area contributed by atoms with Gasteiger partial charge in [0.2, 0.25) is 5.91 Å². The van der Waals surface area contributed by atoms with Gasteiger partial charge in [-0.15, -0.1) is 0 Å². The van der Waals surface area contributed by atoms with Gasteiger partial charge in [0, 0.05) is 13.1 Å². The molecule has 0 N–H and O–H groups in total. The summed E-state index contributed by atoms with van der Waals surface area (Å²) >= 11 is 0. The first-order valence-corrected chi connectivity index (χ1v) is 6.56. The van der Waals surface area contributed by atoms with Gasteiger partial charge < -0.3 is 4.90 Å². The van der Waals surface area contributed by atoms with E-state index in [0.717, 1.165) is 0 Å². The minimum atomic E-state index is -4.17. The van der Waals surface area contributed by atoms with Gasteiger partial charge in [0.25, 0.3) is 0 Å². The molecule has 3 nitrogen and oxygen atoms in total. The molecule has 1 aliphatic heterocycles. The van der Waals surface area contributed by atoms with E-state index in [-0.39, 0.29) is 31.8 Å². The van der Waals surface area contributed by atoms with Crippen LogP contribution >= 0.6 is 0 Å². The summed E-state index contributed by atoms with van der Waals surface area (Å²) < 4.78 is 37.6. The smallest absolute Gasteiger partial charge is 0.341 e. The third-order valence-electron chi connectivity index (χ3n) is 4.26. The molecule has 1 heterocycles. The first kappa shape index (κ1) is 14.2. The van der Waals surface area contributed by atoms with Crippen LogP contribution in [0, 0.1) is 28.6 Å². The van der Waals surface area contributed by atoms with Gasteiger partial charge in [-0.2, -0.15) is 18.4 Å². The minimum absolute atomic E-state index is 0.0493. The average molecular weight is 274 g/mol. The van der Waals surface area contributed by atoms with Crippen molar-refractivity contribution < 1.29 is 18.0 Å². The van der Waals surface area contributed by atoms with Crippen LogP contribution in [-0.4, -0.2) is 30.1 Å². The van der Waals surface area contributed by atoms with Crippen LogP contribution in [0.5, 0.6) is 0 Å². The molecule has 0 spiro atoms. The van der Waals surface area contributed by atoms with Crippen LogP contribution in [0.1, 0.15) is 32.6 Å². The van der Waals surface area contributed by atoms with Gasteiger partial charge >= 0.3 is 6.18 Å². The lowest BCUT2D eigenvalue weighted by Gasteiger charge is -2.44. The summed E-state index contributed by atoms with van der Waals surface area (Å²) in [4.78, 5) is 13.7. The van der Waals surface area contributed by atoms with E-state index < -0.39 is 17.5 Å². The Morgan fingerprint density at radius 2 is 1.84 bits per heavy atom. The molecule has 0 unspecified atom stereocenters. The standard InChI is InChI=1S/C13H17F3N2O/c1-9-6-12(7-9,8-17)11(19)18-4-2-10(3-5-18)13(14,15)16/h9-10H,2-7H2,1H3. The summed E-state index contributed by atoms with van der Waals surface area (Å²) in [5.74, 6) is -1.24. The van der Waals surface area contributed by atoms with Gasteiger partial charge in [-0.3, -0.25) is 4.79 Å². The number of hydrogen-bond acceptors (Lipinski definition) is 2. The van der Waals surface area contributed by atoms with Crippen molar-refractivity contribution in [3.8, 4) is 6.07 Å². The van der Waals surface area contributed by atoms with E-state index in [4.69, 9.17) is 5.26 Å². The van der Waals surface area contributed by atoms with Crippen LogP contribution in [0.3, 0.4) is 0 Å². The first-order chi connectivity index (χ1) is 8.78. The van der Waals surface area contributed by atoms with Gasteiger partial charge in [0.05, 0.1) is 12.0 Å². The molecular weight excluding hydrogens is 257 g/mol. The first-order valence-electron chi connectivity index (χ1n) is 6.56. The number of amides is 1. The number of halogens is 3. The Balaban J connectivity index is 1.95. The van der Waals surface area contributed by atoms with Crippen molar-refractivity contribution in [2.75, 3.05) is 13.1 Å². The predicted molar refractivity (Wildman–Crippen MR) is 61.8 cm³/mol. The topological polar surface area (TPSA) is 44.1 Å². The SMILES string of the molecule is CC1CC(C#N)(C(=O)N2CCC(C(F)(F)F)CC2)C1. The lowest BCUT2D eigenvalue weighted by molar-refractivity contribution is -0.188. The summed E-state index contributed by atoms with van der Waals surface area (Å²) in [6.07, 6.45) is -3.21. The van der Waals surface area contributed by atoms with Gasteiger partial charge in [-0.1, -0.05) is 6.92 Å². The van der Waals surface area contributed by atoms with Crippen molar-refractivity contribution in [2.24, 2.45) is 17.3 Å². The fourth-order valence-electron chi connectivity index (χ4n) is 3.16. The molecule has 19 heavy (non-hydrogen) atoms. The summed E-state index contributed by atoms with van der Waals surface area (Å²) in [6, 6.07) is 2.07. The molecule has 0 radical (unpaired) electrons. The summed E-state index contributed by atoms with van der Waals surface area (Å²) in [5.41, 5.74) is -0.968. The van der Waals surface area contributed by atoms with Crippen LogP contribution in [0.4, 0.5) is 13.2 Å². The molecule has 1 amide bonds. The number of alkyl halides is 3. The maximum Gasteiger partial charge on any atom is 0.391 e. The zero-order chi connectivity index (χ0) is 14.3. The Labute approximate surface area is 110 Å². The Kier molecular flexibility index (Phi) is 3.50. The predicted octanol–water partition coefficient (Wildman–Crippen LogP) is 2.73. The van der Waals surface area contributed by atoms with Crippen LogP contribution < -0.4 is 0 Å². The number of carbonyl (C=O) groups is 1. The number of likely N-dealkylation sites (tertiary alicyclic amines) is 1. The van der Waals surface area contributed by atoms with E-state index in [1.165, 1.54) is 4.90 Å². The van der Waals surface area contributed by atoms with E-state index in [1.807, 2.05) is 6.92 Å². The molecule has 0 aromatic rings. The largest absolute Gasteiger partial charge is 0.391 e. The number of carbonyl (C=O) groups excluding carboxylic acids is 1. The zero-order valence-electron chi connectivity index (χ0n) is 10.8. The summed E-state index contributed by atoms with van der Waals surface area (Å²) in [7, 11) is 0. The van der Waals surface area contributed by atoms with E-state index in [1.54, 1.807) is 0 Å². The lowest BCUT2D eigenvalue weighted by Crippen LogP contribution is -2.52. The molecule has 1 saturated carbocycles. The average Bonchev–Trinajstić information content (AvgIpc) is 2.33. The van der Waals surface area contributed by atoms with Crippen LogP contribution in [0.15, 0.2) is 0 Å². The van der Waals surface area contributed by atoms with Crippen molar-refractivity contribution in [1.82, 2.24) is 4.90 Å². The van der Waals surface area contributed by atoms with Crippen molar-refractivity contribution >= 4 is 5.91 Å². The lowest BCUT2D eigenvalue weighted by atomic mass is 9.62. The van der Waals surface area contributed by atoms with Crippen molar-refractivity contribution in [2.45, 2.75) is 38.8 Å². The number of nitrogens with zero attached hydrogens (tertiary/aromatic N) is 2. The van der Waals surface area contributed by atoms with E-state index in [9.17, 15) is 18.0 Å². The Bertz CT molecular complexity index is 399. The van der Waals surface area contributed by atoms with Gasteiger partial charge in [-0.25, -0.2) is 0 Å². The molecule has 2 fully saturated rings. The third-order valence-corrected chi connectivity index (χ3v) is 4.26. The number of rotatable bonds is 1. The van der Waals surface area contributed by atoms with Gasteiger partial charge in [0.1, 0.15) is 5.41 Å². The molecule has 2 aliphatic rings. The Hall–Kier alpha value is -1.25. The second kappa shape index (κ2) is 4.69. The second-order valence-corrected chi connectivity index (χ2v) is 5.82. The fourth-order valence-corrected chi connectivity index (χ4v) is 3.16. The van der Waals surface area contributed by atoms with E-state index in [0.29, 0.717) is 18.8 Å². The molecule has 106 valence electrons. The quantitative estimate of drug-likeness (QED) is 0.738. The fraction of sp³-hybridized carbons (Fsp3) is 0.846. The van der Waals surface area contributed by atoms with Crippen LogP contribution in [-0.2, 0) is 4.79 Å². The Morgan fingerprint density at radius 3 is 2.21 bits per heavy atom. The second-order valence-electron chi connectivity index (χ2n) is 5.82. The summed E-state index contributed by atoms with van der Waals surface area (Å²) in [5, 5.41) is 9.16. The number of piperidine rings is 1. The summed E-state index contributed by atoms with van der Waals surface area (Å²) in [6.45, 7) is 2.19. The molecule has 2 rings (SSSR count). The maximum atomic E-state index is 12.5. The maximum absolute atomic E-state index is 12.5. The highest BCUT2D eigenvalue weighted by Crippen LogP contribution is 2.47. The highest BCUT2D eigenvalue weighted by molar-refractivity contribution is 5.86. The van der Waals surface area contributed by atoms with Crippen molar-refractivity contribution in [3.63, 3.8) is 0 Å². The molecule has 0 bridgehead atoms. The minimum Gasteiger partial charge on any atom is -0.341 e. The number of nitriles is 1. The van der Waals surface area contributed by atoms with Gasteiger partial charge in [-0.05, 0) is 31.6 Å². The van der Waals surface area contributed by atoms with E-state index in [2.05, 4.69) is 6.07 Å². The normalized spacial score (nSPS) is 32.6. The molecule has 0 aromatic heterocycles.